The van der Waals surface area contributed by atoms with E-state index < -0.39 is 0 Å². The maximum absolute atomic E-state index is 12.9. The third-order valence-corrected chi connectivity index (χ3v) is 4.82. The topological polar surface area (TPSA) is 86.3 Å². The van der Waals surface area contributed by atoms with Gasteiger partial charge >= 0.3 is 0 Å². The molecular weight excluding hydrogens is 310 g/mol. The molecule has 2 aromatic rings. The summed E-state index contributed by atoms with van der Waals surface area (Å²) in [6.45, 7) is 3.55. The highest BCUT2D eigenvalue weighted by atomic mass is 16.5. The Labute approximate surface area is 139 Å². The fourth-order valence-corrected chi connectivity index (χ4v) is 3.17. The molecule has 0 saturated heterocycles. The lowest BCUT2D eigenvalue weighted by molar-refractivity contribution is 0.0354. The third-order valence-electron chi connectivity index (χ3n) is 4.82. The highest BCUT2D eigenvalue weighted by Gasteiger charge is 2.36. The summed E-state index contributed by atoms with van der Waals surface area (Å²) < 4.78 is 12.7. The summed E-state index contributed by atoms with van der Waals surface area (Å²) >= 11 is 0. The molecule has 1 saturated carbocycles. The zero-order valence-electron chi connectivity index (χ0n) is 13.9. The van der Waals surface area contributed by atoms with Gasteiger partial charge in [-0.25, -0.2) is 0 Å². The molecule has 1 unspecified atom stereocenters. The zero-order valence-corrected chi connectivity index (χ0v) is 13.9. The molecule has 0 aromatic carbocycles. The van der Waals surface area contributed by atoms with Crippen molar-refractivity contribution in [1.29, 1.82) is 0 Å². The van der Waals surface area contributed by atoms with E-state index >= 15 is 0 Å². The Morgan fingerprint density at radius 1 is 1.42 bits per heavy atom. The number of aryl methyl sites for hydroxylation is 2. The average Bonchev–Trinajstić information content (AvgIpc) is 3.18. The number of hydrogen-bond acceptors (Lipinski definition) is 6. The molecule has 1 aliphatic heterocycles. The molecule has 1 fully saturated rings. The minimum absolute atomic E-state index is 0.0925. The lowest BCUT2D eigenvalue weighted by atomic mass is 10.0. The first kappa shape index (κ1) is 15.3. The van der Waals surface area contributed by atoms with Crippen molar-refractivity contribution in [3.8, 4) is 0 Å². The van der Waals surface area contributed by atoms with E-state index in [1.54, 1.807) is 11.6 Å². The molecule has 3 heterocycles. The highest BCUT2D eigenvalue weighted by molar-refractivity contribution is 5.95. The molecule has 1 amide bonds. The highest BCUT2D eigenvalue weighted by Crippen LogP contribution is 2.32. The largest absolute Gasteiger partial charge is 0.379 e. The Morgan fingerprint density at radius 3 is 2.96 bits per heavy atom. The van der Waals surface area contributed by atoms with E-state index in [-0.39, 0.29) is 11.9 Å². The van der Waals surface area contributed by atoms with Crippen LogP contribution in [0.25, 0.3) is 0 Å². The number of aromatic nitrogens is 4. The second-order valence-corrected chi connectivity index (χ2v) is 6.59. The second-order valence-electron chi connectivity index (χ2n) is 6.59. The zero-order chi connectivity index (χ0) is 16.7. The van der Waals surface area contributed by atoms with Crippen molar-refractivity contribution in [3.05, 3.63) is 28.9 Å². The lowest BCUT2D eigenvalue weighted by Crippen LogP contribution is -2.42. The van der Waals surface area contributed by atoms with Gasteiger partial charge in [0.2, 0.25) is 0 Å². The molecule has 0 spiro atoms. The molecule has 1 atom stereocenters. The van der Waals surface area contributed by atoms with Gasteiger partial charge in [0.15, 0.2) is 0 Å². The minimum Gasteiger partial charge on any atom is -0.379 e. The molecule has 8 nitrogen and oxygen atoms in total. The first-order valence-electron chi connectivity index (χ1n) is 8.33. The molecule has 0 N–H and O–H groups in total. The van der Waals surface area contributed by atoms with Crippen LogP contribution in [0.5, 0.6) is 0 Å². The molecule has 24 heavy (non-hydrogen) atoms. The number of ether oxygens (including phenoxy) is 1. The Kier molecular flexibility index (Phi) is 3.84. The van der Waals surface area contributed by atoms with Gasteiger partial charge in [0.25, 0.3) is 5.91 Å². The van der Waals surface area contributed by atoms with Crippen LogP contribution >= 0.6 is 0 Å². The summed E-state index contributed by atoms with van der Waals surface area (Å²) in [4.78, 5) is 14.7. The van der Waals surface area contributed by atoms with Crippen LogP contribution in [-0.2, 0) is 18.2 Å². The summed E-state index contributed by atoms with van der Waals surface area (Å²) in [6.07, 6.45) is 4.69. The summed E-state index contributed by atoms with van der Waals surface area (Å²) in [5.74, 6) is 1.12. The fourth-order valence-electron chi connectivity index (χ4n) is 3.17. The van der Waals surface area contributed by atoms with E-state index in [0.29, 0.717) is 30.4 Å². The summed E-state index contributed by atoms with van der Waals surface area (Å²) in [6, 6.07) is -0.219. The van der Waals surface area contributed by atoms with Gasteiger partial charge in [-0.15, -0.1) is 5.10 Å². The van der Waals surface area contributed by atoms with E-state index in [4.69, 9.17) is 9.26 Å². The van der Waals surface area contributed by atoms with Crippen molar-refractivity contribution in [2.24, 2.45) is 13.0 Å². The van der Waals surface area contributed by atoms with Crippen LogP contribution in [0.3, 0.4) is 0 Å². The summed E-state index contributed by atoms with van der Waals surface area (Å²) in [5, 5.41) is 12.1. The van der Waals surface area contributed by atoms with Crippen LogP contribution < -0.4 is 0 Å². The summed E-state index contributed by atoms with van der Waals surface area (Å²) in [7, 11) is 1.88. The monoisotopic (exact) mass is 331 g/mol. The number of nitrogens with zero attached hydrogens (tertiary/aromatic N) is 5. The van der Waals surface area contributed by atoms with Crippen molar-refractivity contribution < 1.29 is 14.1 Å². The molecule has 8 heteroatoms. The Bertz CT molecular complexity index is 749. The van der Waals surface area contributed by atoms with Gasteiger partial charge in [-0.2, -0.15) is 0 Å². The van der Waals surface area contributed by atoms with Crippen LogP contribution in [0.4, 0.5) is 0 Å². The van der Waals surface area contributed by atoms with E-state index in [1.165, 1.54) is 19.0 Å². The van der Waals surface area contributed by atoms with Gasteiger partial charge in [0.1, 0.15) is 23.1 Å². The number of carbonyl (C=O) groups is 1. The van der Waals surface area contributed by atoms with E-state index in [2.05, 4.69) is 15.5 Å². The van der Waals surface area contributed by atoms with E-state index in [9.17, 15) is 4.79 Å². The van der Waals surface area contributed by atoms with Gasteiger partial charge in [-0.1, -0.05) is 10.4 Å². The number of rotatable bonds is 5. The van der Waals surface area contributed by atoms with Crippen molar-refractivity contribution in [3.63, 3.8) is 0 Å². The standard InChI is InChI=1S/C16H21N5O3/c1-10-12(7-17-24-10)16(22)21-6-5-13-15(18-19-20(13)2)14(21)9-23-8-11-3-4-11/h7,11,14H,3-6,8-9H2,1-2H3. The molecule has 4 rings (SSSR count). The number of hydrogen-bond donors (Lipinski definition) is 0. The Hall–Kier alpha value is -2.22. The smallest absolute Gasteiger partial charge is 0.259 e. The quantitative estimate of drug-likeness (QED) is 0.820. The molecule has 1 aliphatic carbocycles. The van der Waals surface area contributed by atoms with Gasteiger partial charge in [-0.05, 0) is 25.7 Å². The van der Waals surface area contributed by atoms with Crippen molar-refractivity contribution in [1.82, 2.24) is 25.1 Å². The fraction of sp³-hybridized carbons (Fsp3) is 0.625. The second kappa shape index (κ2) is 6.01. The average molecular weight is 331 g/mol. The molecule has 2 aliphatic rings. The van der Waals surface area contributed by atoms with Crippen LogP contribution in [0.2, 0.25) is 0 Å². The van der Waals surface area contributed by atoms with E-state index in [0.717, 1.165) is 24.4 Å². The maximum atomic E-state index is 12.9. The lowest BCUT2D eigenvalue weighted by Gasteiger charge is -2.34. The predicted molar refractivity (Wildman–Crippen MR) is 83.3 cm³/mol. The van der Waals surface area contributed by atoms with Crippen LogP contribution in [0.15, 0.2) is 10.7 Å². The maximum Gasteiger partial charge on any atom is 0.259 e. The van der Waals surface area contributed by atoms with Gasteiger partial charge in [0, 0.05) is 26.6 Å². The van der Waals surface area contributed by atoms with Crippen LogP contribution in [0.1, 0.15) is 46.4 Å². The van der Waals surface area contributed by atoms with Crippen molar-refractivity contribution in [2.45, 2.75) is 32.2 Å². The first-order valence-corrected chi connectivity index (χ1v) is 8.33. The summed E-state index contributed by atoms with van der Waals surface area (Å²) in [5.41, 5.74) is 2.40. The van der Waals surface area contributed by atoms with Crippen molar-refractivity contribution in [2.75, 3.05) is 19.8 Å². The predicted octanol–water partition coefficient (Wildman–Crippen LogP) is 1.28. The molecule has 0 radical (unpaired) electrons. The number of amides is 1. The molecular formula is C16H21N5O3. The van der Waals surface area contributed by atoms with Crippen molar-refractivity contribution >= 4 is 5.91 Å². The van der Waals surface area contributed by atoms with Gasteiger partial charge in [-0.3, -0.25) is 9.48 Å². The van der Waals surface area contributed by atoms with Gasteiger partial charge < -0.3 is 14.2 Å². The van der Waals surface area contributed by atoms with Crippen LogP contribution in [0, 0.1) is 12.8 Å². The van der Waals surface area contributed by atoms with Gasteiger partial charge in [0.05, 0.1) is 18.5 Å². The Morgan fingerprint density at radius 2 is 2.25 bits per heavy atom. The minimum atomic E-state index is -0.219. The third kappa shape index (κ3) is 2.71. The van der Waals surface area contributed by atoms with Crippen LogP contribution in [-0.4, -0.2) is 50.7 Å². The number of fused-ring (bicyclic) bond motifs is 1. The molecule has 0 bridgehead atoms. The SMILES string of the molecule is Cc1oncc1C(=O)N1CCc2c(nnn2C)C1COCC1CC1. The normalized spacial score (nSPS) is 20.2. The first-order chi connectivity index (χ1) is 11.6. The van der Waals surface area contributed by atoms with E-state index in [1.807, 2.05) is 11.9 Å². The number of carbonyl (C=O) groups excluding carboxylic acids is 1. The molecule has 128 valence electrons. The Balaban J connectivity index is 1.59. The molecule has 2 aromatic heterocycles.